The first-order chi connectivity index (χ1) is 7.81. The zero-order chi connectivity index (χ0) is 11.4. The summed E-state index contributed by atoms with van der Waals surface area (Å²) in [5, 5.41) is 2.87. The van der Waals surface area contributed by atoms with E-state index in [4.69, 9.17) is 11.6 Å². The molecule has 2 heterocycles. The number of rotatable bonds is 2. The van der Waals surface area contributed by atoms with E-state index >= 15 is 0 Å². The zero-order valence-electron chi connectivity index (χ0n) is 9.62. The van der Waals surface area contributed by atoms with Gasteiger partial charge >= 0.3 is 0 Å². The number of aromatic nitrogens is 1. The van der Waals surface area contributed by atoms with E-state index in [1.807, 2.05) is 19.3 Å². The molecule has 0 radical (unpaired) electrons. The first-order valence-corrected chi connectivity index (χ1v) is 6.24. The molecule has 88 valence electrons. The molecule has 1 aliphatic heterocycles. The Bertz CT molecular complexity index is 326. The zero-order valence-corrected chi connectivity index (χ0v) is 10.4. The molecule has 0 aliphatic carbocycles. The second-order valence-corrected chi connectivity index (χ2v) is 4.58. The monoisotopic (exact) mass is 239 g/mol. The molecule has 0 aromatic carbocycles. The van der Waals surface area contributed by atoms with Gasteiger partial charge in [-0.3, -0.25) is 5.43 Å². The predicted octanol–water partition coefficient (Wildman–Crippen LogP) is 2.79. The fraction of sp³-hybridized carbons (Fsp3) is 0.583. The fourth-order valence-electron chi connectivity index (χ4n) is 2.31. The Morgan fingerprint density at radius 1 is 1.38 bits per heavy atom. The quantitative estimate of drug-likeness (QED) is 0.805. The number of nitrogens with zero attached hydrogens (tertiary/aromatic N) is 2. The summed E-state index contributed by atoms with van der Waals surface area (Å²) in [5.41, 5.74) is 4.53. The van der Waals surface area contributed by atoms with Crippen LogP contribution < -0.4 is 5.43 Å². The number of nitrogens with one attached hydrogen (secondary N) is 1. The molecule has 1 fully saturated rings. The number of hydrogen-bond acceptors (Lipinski definition) is 3. The van der Waals surface area contributed by atoms with Crippen LogP contribution in [0.15, 0.2) is 18.3 Å². The highest BCUT2D eigenvalue weighted by atomic mass is 35.5. The maximum Gasteiger partial charge on any atom is 0.129 e. The van der Waals surface area contributed by atoms with Gasteiger partial charge in [-0.1, -0.05) is 30.5 Å². The van der Waals surface area contributed by atoms with Gasteiger partial charge in [0.1, 0.15) is 5.15 Å². The third-order valence-corrected chi connectivity index (χ3v) is 3.40. The highest BCUT2D eigenvalue weighted by Crippen LogP contribution is 2.28. The van der Waals surface area contributed by atoms with Crippen molar-refractivity contribution >= 4 is 11.6 Å². The molecular weight excluding hydrogens is 222 g/mol. The van der Waals surface area contributed by atoms with Crippen LogP contribution in [0.3, 0.4) is 0 Å². The van der Waals surface area contributed by atoms with Crippen molar-refractivity contribution in [2.45, 2.75) is 31.7 Å². The Morgan fingerprint density at radius 3 is 2.94 bits per heavy atom. The van der Waals surface area contributed by atoms with Gasteiger partial charge in [-0.05, 0) is 31.5 Å². The minimum Gasteiger partial charge on any atom is -0.258 e. The Labute approximate surface area is 102 Å². The lowest BCUT2D eigenvalue weighted by Gasteiger charge is -2.28. The van der Waals surface area contributed by atoms with Crippen molar-refractivity contribution in [1.29, 1.82) is 0 Å². The summed E-state index contributed by atoms with van der Waals surface area (Å²) in [4.78, 5) is 4.16. The standard InChI is InChI=1S/C12H18ClN3/c1-14-16-8-4-2-3-5-11(16)10-6-7-12(13)15-9-10/h6-7,9,11,14H,2-5,8H2,1H3/t11-/m1/s1. The number of halogens is 1. The Hall–Kier alpha value is -0.640. The molecule has 0 spiro atoms. The van der Waals surface area contributed by atoms with E-state index in [1.165, 1.54) is 31.2 Å². The van der Waals surface area contributed by atoms with Crippen LogP contribution in [0.2, 0.25) is 5.15 Å². The largest absolute Gasteiger partial charge is 0.258 e. The van der Waals surface area contributed by atoms with Gasteiger partial charge in [0, 0.05) is 12.7 Å². The van der Waals surface area contributed by atoms with Crippen LogP contribution in [0, 0.1) is 0 Å². The molecular formula is C12H18ClN3. The third kappa shape index (κ3) is 2.73. The maximum absolute atomic E-state index is 5.81. The van der Waals surface area contributed by atoms with Crippen molar-refractivity contribution in [3.8, 4) is 0 Å². The normalized spacial score (nSPS) is 23.0. The van der Waals surface area contributed by atoms with E-state index < -0.39 is 0 Å². The van der Waals surface area contributed by atoms with E-state index in [1.54, 1.807) is 0 Å². The van der Waals surface area contributed by atoms with Gasteiger partial charge in [0.05, 0.1) is 6.04 Å². The van der Waals surface area contributed by atoms with Gasteiger partial charge in [-0.2, -0.15) is 0 Å². The van der Waals surface area contributed by atoms with Crippen LogP contribution in [-0.4, -0.2) is 23.6 Å². The van der Waals surface area contributed by atoms with Crippen molar-refractivity contribution in [1.82, 2.24) is 15.4 Å². The van der Waals surface area contributed by atoms with Crippen molar-refractivity contribution in [3.63, 3.8) is 0 Å². The molecule has 1 aliphatic rings. The minimum absolute atomic E-state index is 0.428. The van der Waals surface area contributed by atoms with E-state index in [-0.39, 0.29) is 0 Å². The Balaban J connectivity index is 2.18. The summed E-state index contributed by atoms with van der Waals surface area (Å²) in [6.07, 6.45) is 6.94. The average molecular weight is 240 g/mol. The molecule has 0 amide bonds. The molecule has 4 heteroatoms. The van der Waals surface area contributed by atoms with Gasteiger partial charge < -0.3 is 0 Å². The molecule has 0 unspecified atom stereocenters. The van der Waals surface area contributed by atoms with Gasteiger partial charge in [0.15, 0.2) is 0 Å². The van der Waals surface area contributed by atoms with Crippen molar-refractivity contribution in [2.75, 3.05) is 13.6 Å². The van der Waals surface area contributed by atoms with Gasteiger partial charge in [0.25, 0.3) is 0 Å². The molecule has 16 heavy (non-hydrogen) atoms. The molecule has 0 bridgehead atoms. The predicted molar refractivity (Wildman–Crippen MR) is 66.2 cm³/mol. The molecule has 1 atom stereocenters. The Morgan fingerprint density at radius 2 is 2.25 bits per heavy atom. The van der Waals surface area contributed by atoms with Crippen molar-refractivity contribution < 1.29 is 0 Å². The molecule has 2 rings (SSSR count). The third-order valence-electron chi connectivity index (χ3n) is 3.18. The second kappa shape index (κ2) is 5.62. The van der Waals surface area contributed by atoms with E-state index in [0.717, 1.165) is 6.54 Å². The maximum atomic E-state index is 5.81. The second-order valence-electron chi connectivity index (χ2n) is 4.20. The summed E-state index contributed by atoms with van der Waals surface area (Å²) in [5.74, 6) is 0. The van der Waals surface area contributed by atoms with Crippen LogP contribution in [0.1, 0.15) is 37.3 Å². The van der Waals surface area contributed by atoms with Crippen LogP contribution in [0.4, 0.5) is 0 Å². The van der Waals surface area contributed by atoms with E-state index in [2.05, 4.69) is 21.5 Å². The molecule has 1 N–H and O–H groups in total. The van der Waals surface area contributed by atoms with Gasteiger partial charge in [-0.15, -0.1) is 0 Å². The molecule has 1 aromatic rings. The molecule has 1 aromatic heterocycles. The SMILES string of the molecule is CNN1CCCCC[C@@H]1c1ccc(Cl)nc1. The Kier molecular flexibility index (Phi) is 4.16. The molecule has 0 saturated carbocycles. The van der Waals surface area contributed by atoms with Crippen LogP contribution >= 0.6 is 11.6 Å². The summed E-state index contributed by atoms with van der Waals surface area (Å²) < 4.78 is 0. The van der Waals surface area contributed by atoms with Crippen molar-refractivity contribution in [3.05, 3.63) is 29.0 Å². The summed E-state index contributed by atoms with van der Waals surface area (Å²) >= 11 is 5.81. The first kappa shape index (κ1) is 11.8. The van der Waals surface area contributed by atoms with Crippen molar-refractivity contribution in [2.24, 2.45) is 0 Å². The highest BCUT2D eigenvalue weighted by Gasteiger charge is 2.21. The molecule has 3 nitrogen and oxygen atoms in total. The van der Waals surface area contributed by atoms with Crippen LogP contribution in [0.25, 0.3) is 0 Å². The number of pyridine rings is 1. The van der Waals surface area contributed by atoms with Crippen LogP contribution in [-0.2, 0) is 0 Å². The lowest BCUT2D eigenvalue weighted by molar-refractivity contribution is 0.142. The van der Waals surface area contributed by atoms with Crippen LogP contribution in [0.5, 0.6) is 0 Å². The summed E-state index contributed by atoms with van der Waals surface area (Å²) in [6, 6.07) is 4.38. The number of hydrogen-bond donors (Lipinski definition) is 1. The van der Waals surface area contributed by atoms with Gasteiger partial charge in [-0.25, -0.2) is 9.99 Å². The first-order valence-electron chi connectivity index (χ1n) is 5.87. The molecule has 1 saturated heterocycles. The van der Waals surface area contributed by atoms with E-state index in [0.29, 0.717) is 11.2 Å². The summed E-state index contributed by atoms with van der Waals surface area (Å²) in [6.45, 7) is 1.10. The smallest absolute Gasteiger partial charge is 0.129 e. The minimum atomic E-state index is 0.428. The van der Waals surface area contributed by atoms with Gasteiger partial charge in [0.2, 0.25) is 0 Å². The highest BCUT2D eigenvalue weighted by molar-refractivity contribution is 6.29. The lowest BCUT2D eigenvalue weighted by atomic mass is 10.0. The van der Waals surface area contributed by atoms with E-state index in [9.17, 15) is 0 Å². The fourth-order valence-corrected chi connectivity index (χ4v) is 2.42. The lowest BCUT2D eigenvalue weighted by Crippen LogP contribution is -2.38. The average Bonchev–Trinajstić information content (AvgIpc) is 2.55. The number of hydrazine groups is 1. The summed E-state index contributed by atoms with van der Waals surface area (Å²) in [7, 11) is 1.99. The topological polar surface area (TPSA) is 28.2 Å².